The molecule has 0 aromatic heterocycles. The first-order valence-corrected chi connectivity index (χ1v) is 10.7. The highest BCUT2D eigenvalue weighted by molar-refractivity contribution is 8.13. The summed E-state index contributed by atoms with van der Waals surface area (Å²) in [6, 6.07) is 10.9. The average Bonchev–Trinajstić information content (AvgIpc) is 2.69. The number of hydrogen-bond acceptors (Lipinski definition) is 5. The molecular formula is C21H19Cl2FN2O2S. The second-order valence-corrected chi connectivity index (χ2v) is 8.03. The predicted molar refractivity (Wildman–Crippen MR) is 117 cm³/mol. The topological polar surface area (TPSA) is 50.7 Å². The predicted octanol–water partition coefficient (Wildman–Crippen LogP) is 5.90. The molecule has 2 aromatic carbocycles. The lowest BCUT2D eigenvalue weighted by Crippen LogP contribution is -2.30. The van der Waals surface area contributed by atoms with Gasteiger partial charge in [-0.1, -0.05) is 59.2 Å². The van der Waals surface area contributed by atoms with Crippen molar-refractivity contribution in [3.63, 3.8) is 0 Å². The fourth-order valence-electron chi connectivity index (χ4n) is 2.88. The van der Waals surface area contributed by atoms with Crippen molar-refractivity contribution >= 4 is 46.1 Å². The normalized spacial score (nSPS) is 16.3. The first-order chi connectivity index (χ1) is 13.9. The highest BCUT2D eigenvalue weighted by Crippen LogP contribution is 2.39. The number of aliphatic imine (C=N–C) groups is 1. The standard InChI is InChI=1S/C21H19Cl2FN2O2S/c1-3-28-20(27)17-12(2)25-21(29-11-13-7-9-14(24)10-8-13)26-19(17)15-5-4-6-16(22)18(15)23/h4-10,19H,3,11H2,1-2H3,(H,25,26)/t19-/m1/s1. The third-order valence-corrected chi connectivity index (χ3v) is 6.07. The van der Waals surface area contributed by atoms with Crippen molar-refractivity contribution in [2.75, 3.05) is 6.61 Å². The van der Waals surface area contributed by atoms with Gasteiger partial charge in [-0.3, -0.25) is 0 Å². The van der Waals surface area contributed by atoms with Crippen LogP contribution in [0.15, 0.2) is 58.7 Å². The van der Waals surface area contributed by atoms with E-state index in [-0.39, 0.29) is 12.4 Å². The summed E-state index contributed by atoms with van der Waals surface area (Å²) in [7, 11) is 0. The number of hydrogen-bond donors (Lipinski definition) is 1. The van der Waals surface area contributed by atoms with E-state index in [4.69, 9.17) is 32.9 Å². The van der Waals surface area contributed by atoms with Crippen molar-refractivity contribution in [2.45, 2.75) is 25.6 Å². The van der Waals surface area contributed by atoms with Gasteiger partial charge in [-0.2, -0.15) is 0 Å². The number of carbonyl (C=O) groups is 1. The maximum Gasteiger partial charge on any atom is 0.338 e. The largest absolute Gasteiger partial charge is 0.463 e. The summed E-state index contributed by atoms with van der Waals surface area (Å²) in [5, 5.41) is 4.53. The van der Waals surface area contributed by atoms with Crippen LogP contribution in [-0.2, 0) is 15.3 Å². The Labute approximate surface area is 183 Å². The molecule has 0 aliphatic carbocycles. The number of nitrogens with zero attached hydrogens (tertiary/aromatic N) is 1. The first kappa shape index (κ1) is 21.7. The van der Waals surface area contributed by atoms with E-state index in [0.717, 1.165) is 5.56 Å². The third-order valence-electron chi connectivity index (χ3n) is 4.28. The number of carbonyl (C=O) groups excluding carboxylic acids is 1. The van der Waals surface area contributed by atoms with Crippen LogP contribution in [0.2, 0.25) is 10.0 Å². The number of benzene rings is 2. The molecule has 3 rings (SSSR count). The van der Waals surface area contributed by atoms with Crippen LogP contribution < -0.4 is 5.32 Å². The van der Waals surface area contributed by atoms with Crippen molar-refractivity contribution in [1.82, 2.24) is 5.32 Å². The molecule has 0 saturated carbocycles. The van der Waals surface area contributed by atoms with Crippen molar-refractivity contribution in [3.05, 3.63) is 80.7 Å². The van der Waals surface area contributed by atoms with Crippen LogP contribution in [0.25, 0.3) is 0 Å². The van der Waals surface area contributed by atoms with Crippen molar-refractivity contribution in [2.24, 2.45) is 4.99 Å². The van der Waals surface area contributed by atoms with Gasteiger partial charge in [0.25, 0.3) is 0 Å². The van der Waals surface area contributed by atoms with Gasteiger partial charge in [-0.25, -0.2) is 14.2 Å². The van der Waals surface area contributed by atoms with Gasteiger partial charge in [-0.15, -0.1) is 0 Å². The zero-order valence-corrected chi connectivity index (χ0v) is 18.2. The summed E-state index contributed by atoms with van der Waals surface area (Å²) in [5.74, 6) is -0.144. The van der Waals surface area contributed by atoms with E-state index in [1.54, 1.807) is 44.2 Å². The molecule has 0 saturated heterocycles. The Hall–Kier alpha value is -2.02. The number of rotatable bonds is 5. The summed E-state index contributed by atoms with van der Waals surface area (Å²) in [6.07, 6.45) is 0. The van der Waals surface area contributed by atoms with Crippen LogP contribution in [0.5, 0.6) is 0 Å². The Morgan fingerprint density at radius 2 is 1.97 bits per heavy atom. The molecule has 152 valence electrons. The van der Waals surface area contributed by atoms with Gasteiger partial charge in [-0.05, 0) is 37.6 Å². The molecule has 0 amide bonds. The average molecular weight is 453 g/mol. The maximum atomic E-state index is 13.1. The molecule has 2 aromatic rings. The summed E-state index contributed by atoms with van der Waals surface area (Å²) in [4.78, 5) is 17.3. The number of halogens is 3. The molecular weight excluding hydrogens is 434 g/mol. The quantitative estimate of drug-likeness (QED) is 0.573. The molecule has 0 unspecified atom stereocenters. The molecule has 1 heterocycles. The van der Waals surface area contributed by atoms with E-state index < -0.39 is 12.0 Å². The molecule has 29 heavy (non-hydrogen) atoms. The summed E-state index contributed by atoms with van der Waals surface area (Å²) >= 11 is 14.1. The van der Waals surface area contributed by atoms with Gasteiger partial charge in [0.15, 0.2) is 5.17 Å². The van der Waals surface area contributed by atoms with E-state index in [1.165, 1.54) is 23.9 Å². The Kier molecular flexibility index (Phi) is 7.22. The summed E-state index contributed by atoms with van der Waals surface area (Å²) < 4.78 is 18.3. The fourth-order valence-corrected chi connectivity index (χ4v) is 4.20. The minimum absolute atomic E-state index is 0.251. The molecule has 0 fully saturated rings. The second-order valence-electron chi connectivity index (χ2n) is 6.28. The Balaban J connectivity index is 1.93. The summed E-state index contributed by atoms with van der Waals surface area (Å²) in [5.41, 5.74) is 2.61. The zero-order chi connectivity index (χ0) is 21.0. The minimum atomic E-state index is -0.641. The van der Waals surface area contributed by atoms with Crippen LogP contribution in [0.1, 0.15) is 31.0 Å². The van der Waals surface area contributed by atoms with E-state index in [0.29, 0.717) is 37.8 Å². The van der Waals surface area contributed by atoms with E-state index in [1.807, 2.05) is 0 Å². The van der Waals surface area contributed by atoms with Crippen molar-refractivity contribution < 1.29 is 13.9 Å². The molecule has 4 nitrogen and oxygen atoms in total. The highest BCUT2D eigenvalue weighted by Gasteiger charge is 2.32. The van der Waals surface area contributed by atoms with E-state index >= 15 is 0 Å². The Bertz CT molecular complexity index is 977. The van der Waals surface area contributed by atoms with Crippen LogP contribution in [0.3, 0.4) is 0 Å². The van der Waals surface area contributed by atoms with Gasteiger partial charge in [0.1, 0.15) is 11.9 Å². The third kappa shape index (κ3) is 5.13. The van der Waals surface area contributed by atoms with Gasteiger partial charge in [0.2, 0.25) is 0 Å². The lowest BCUT2D eigenvalue weighted by molar-refractivity contribution is -0.138. The van der Waals surface area contributed by atoms with E-state index in [9.17, 15) is 9.18 Å². The molecule has 0 bridgehead atoms. The fraction of sp³-hybridized carbons (Fsp3) is 0.238. The molecule has 1 aliphatic heterocycles. The zero-order valence-electron chi connectivity index (χ0n) is 15.8. The minimum Gasteiger partial charge on any atom is -0.463 e. The van der Waals surface area contributed by atoms with E-state index in [2.05, 4.69) is 5.32 Å². The highest BCUT2D eigenvalue weighted by atomic mass is 35.5. The molecule has 1 aliphatic rings. The van der Waals surface area contributed by atoms with Gasteiger partial charge < -0.3 is 10.1 Å². The molecule has 8 heteroatoms. The maximum absolute atomic E-state index is 13.1. The molecule has 1 atom stereocenters. The lowest BCUT2D eigenvalue weighted by Gasteiger charge is -2.26. The molecule has 1 N–H and O–H groups in total. The molecule has 0 spiro atoms. The monoisotopic (exact) mass is 452 g/mol. The number of amidine groups is 1. The van der Waals surface area contributed by atoms with Crippen LogP contribution in [0.4, 0.5) is 4.39 Å². The number of ether oxygens (including phenoxy) is 1. The van der Waals surface area contributed by atoms with Crippen LogP contribution in [0, 0.1) is 5.82 Å². The Morgan fingerprint density at radius 1 is 1.24 bits per heavy atom. The van der Waals surface area contributed by atoms with Gasteiger partial charge in [0, 0.05) is 17.0 Å². The molecule has 0 radical (unpaired) electrons. The number of thioether (sulfide) groups is 1. The van der Waals surface area contributed by atoms with Crippen LogP contribution >= 0.6 is 35.0 Å². The SMILES string of the molecule is CCOC(=O)C1=C(C)NC(SCc2ccc(F)cc2)=N[C@@H]1c1cccc(Cl)c1Cl. The number of nitrogens with one attached hydrogen (secondary N) is 1. The summed E-state index contributed by atoms with van der Waals surface area (Å²) in [6.45, 7) is 3.80. The van der Waals surface area contributed by atoms with Crippen molar-refractivity contribution in [3.8, 4) is 0 Å². The van der Waals surface area contributed by atoms with Gasteiger partial charge in [0.05, 0.1) is 22.2 Å². The number of allylic oxidation sites excluding steroid dienone is 1. The Morgan fingerprint density at radius 3 is 2.66 bits per heavy atom. The number of esters is 1. The smallest absolute Gasteiger partial charge is 0.338 e. The lowest BCUT2D eigenvalue weighted by atomic mass is 9.96. The van der Waals surface area contributed by atoms with Crippen LogP contribution in [-0.4, -0.2) is 17.7 Å². The van der Waals surface area contributed by atoms with Gasteiger partial charge >= 0.3 is 5.97 Å². The van der Waals surface area contributed by atoms with Crippen molar-refractivity contribution in [1.29, 1.82) is 0 Å². The second kappa shape index (κ2) is 9.65. The first-order valence-electron chi connectivity index (χ1n) is 8.94.